The molecule has 1 fully saturated rings. The van der Waals surface area contributed by atoms with Crippen molar-refractivity contribution in [3.8, 4) is 6.19 Å². The molecule has 0 unspecified atom stereocenters. The van der Waals surface area contributed by atoms with Gasteiger partial charge in [0.2, 0.25) is 5.91 Å². The average molecular weight is 273 g/mol. The van der Waals surface area contributed by atoms with Crippen molar-refractivity contribution in [1.29, 1.82) is 5.26 Å². The summed E-state index contributed by atoms with van der Waals surface area (Å²) in [6, 6.07) is 7.74. The van der Waals surface area contributed by atoms with Crippen LogP contribution in [0.2, 0.25) is 0 Å². The zero-order chi connectivity index (χ0) is 14.4. The fourth-order valence-electron chi connectivity index (χ4n) is 2.18. The van der Waals surface area contributed by atoms with E-state index < -0.39 is 0 Å². The van der Waals surface area contributed by atoms with Crippen LogP contribution < -0.4 is 4.90 Å². The van der Waals surface area contributed by atoms with Crippen LogP contribution >= 0.6 is 0 Å². The van der Waals surface area contributed by atoms with Crippen molar-refractivity contribution in [2.24, 2.45) is 0 Å². The molecule has 0 aliphatic carbocycles. The fourth-order valence-corrected chi connectivity index (χ4v) is 2.18. The van der Waals surface area contributed by atoms with Gasteiger partial charge >= 0.3 is 0 Å². The quantitative estimate of drug-likeness (QED) is 0.614. The second kappa shape index (κ2) is 6.92. The molecular formula is C15H19N3O2. The Hall–Kier alpha value is -2.06. The molecule has 1 aromatic carbocycles. The van der Waals surface area contributed by atoms with E-state index in [2.05, 4.69) is 13.1 Å². The lowest BCUT2D eigenvalue weighted by atomic mass is 10.1. The van der Waals surface area contributed by atoms with Crippen molar-refractivity contribution < 1.29 is 9.53 Å². The van der Waals surface area contributed by atoms with Crippen LogP contribution in [0.5, 0.6) is 0 Å². The first-order valence-electron chi connectivity index (χ1n) is 6.86. The highest BCUT2D eigenvalue weighted by atomic mass is 16.5. The number of nitriles is 1. The molecule has 1 aliphatic heterocycles. The summed E-state index contributed by atoms with van der Waals surface area (Å²) < 4.78 is 5.22. The number of benzene rings is 1. The summed E-state index contributed by atoms with van der Waals surface area (Å²) in [6.45, 7) is 4.51. The number of aryl methyl sites for hydroxylation is 1. The molecule has 0 spiro atoms. The maximum absolute atomic E-state index is 12.2. The summed E-state index contributed by atoms with van der Waals surface area (Å²) in [5.74, 6) is -0.0308. The molecule has 0 radical (unpaired) electrons. The topological polar surface area (TPSA) is 56.6 Å². The van der Waals surface area contributed by atoms with Crippen molar-refractivity contribution in [2.45, 2.75) is 13.3 Å². The molecular weight excluding hydrogens is 254 g/mol. The normalized spacial score (nSPS) is 14.7. The van der Waals surface area contributed by atoms with Crippen LogP contribution in [-0.2, 0) is 16.0 Å². The molecule has 1 aliphatic rings. The number of ether oxygens (including phenoxy) is 1. The van der Waals surface area contributed by atoms with Crippen LogP contribution in [-0.4, -0.2) is 43.7 Å². The SMILES string of the molecule is CCc1cccc(N(C#N)CC(=O)N2CCOCC2)c1. The van der Waals surface area contributed by atoms with Crippen molar-refractivity contribution >= 4 is 11.6 Å². The Labute approximate surface area is 119 Å². The highest BCUT2D eigenvalue weighted by molar-refractivity contribution is 5.82. The van der Waals surface area contributed by atoms with E-state index >= 15 is 0 Å². The lowest BCUT2D eigenvalue weighted by Crippen LogP contribution is -2.45. The van der Waals surface area contributed by atoms with Gasteiger partial charge < -0.3 is 9.64 Å². The Bertz CT molecular complexity index is 504. The van der Waals surface area contributed by atoms with E-state index in [0.29, 0.717) is 26.3 Å². The number of anilines is 1. The van der Waals surface area contributed by atoms with Crippen LogP contribution in [0.25, 0.3) is 0 Å². The van der Waals surface area contributed by atoms with E-state index in [1.54, 1.807) is 4.90 Å². The van der Waals surface area contributed by atoms with Gasteiger partial charge in [0.1, 0.15) is 6.54 Å². The monoisotopic (exact) mass is 273 g/mol. The van der Waals surface area contributed by atoms with Crippen LogP contribution in [0.4, 0.5) is 5.69 Å². The molecule has 1 saturated heterocycles. The molecule has 0 aromatic heterocycles. The van der Waals surface area contributed by atoms with Gasteiger partial charge in [0.15, 0.2) is 6.19 Å². The Kier molecular flexibility index (Phi) is 4.97. The first kappa shape index (κ1) is 14.4. The minimum atomic E-state index is -0.0308. The number of nitrogens with zero attached hydrogens (tertiary/aromatic N) is 3. The summed E-state index contributed by atoms with van der Waals surface area (Å²) >= 11 is 0. The minimum Gasteiger partial charge on any atom is -0.378 e. The molecule has 20 heavy (non-hydrogen) atoms. The third kappa shape index (κ3) is 3.49. The van der Waals surface area contributed by atoms with Crippen molar-refractivity contribution in [2.75, 3.05) is 37.7 Å². The Morgan fingerprint density at radius 2 is 2.20 bits per heavy atom. The lowest BCUT2D eigenvalue weighted by Gasteiger charge is -2.28. The third-order valence-electron chi connectivity index (χ3n) is 3.41. The molecule has 5 heteroatoms. The smallest absolute Gasteiger partial charge is 0.243 e. The van der Waals surface area contributed by atoms with Gasteiger partial charge in [0.25, 0.3) is 0 Å². The standard InChI is InChI=1S/C15H19N3O2/c1-2-13-4-3-5-14(10-13)18(12-16)11-15(19)17-6-8-20-9-7-17/h3-5,10H,2,6-9,11H2,1H3. The zero-order valence-electron chi connectivity index (χ0n) is 11.7. The summed E-state index contributed by atoms with van der Waals surface area (Å²) in [4.78, 5) is 15.4. The maximum atomic E-state index is 12.2. The number of carbonyl (C=O) groups excluding carboxylic acids is 1. The number of hydrogen-bond acceptors (Lipinski definition) is 4. The van der Waals surface area contributed by atoms with Gasteiger partial charge in [-0.15, -0.1) is 0 Å². The van der Waals surface area contributed by atoms with Crippen LogP contribution in [0.15, 0.2) is 24.3 Å². The molecule has 5 nitrogen and oxygen atoms in total. The van der Waals surface area contributed by atoms with Gasteiger partial charge in [-0.1, -0.05) is 19.1 Å². The predicted octanol–water partition coefficient (Wildman–Crippen LogP) is 1.40. The zero-order valence-corrected chi connectivity index (χ0v) is 11.7. The van der Waals surface area contributed by atoms with Crippen LogP contribution in [0.1, 0.15) is 12.5 Å². The van der Waals surface area contributed by atoms with E-state index in [-0.39, 0.29) is 12.5 Å². The van der Waals surface area contributed by atoms with Crippen LogP contribution in [0, 0.1) is 11.5 Å². The number of morpholine rings is 1. The second-order valence-corrected chi connectivity index (χ2v) is 4.70. The summed E-state index contributed by atoms with van der Waals surface area (Å²) in [5.41, 5.74) is 1.93. The molecule has 0 bridgehead atoms. The second-order valence-electron chi connectivity index (χ2n) is 4.70. The highest BCUT2D eigenvalue weighted by Crippen LogP contribution is 2.16. The fraction of sp³-hybridized carbons (Fsp3) is 0.467. The molecule has 0 saturated carbocycles. The minimum absolute atomic E-state index is 0.0308. The van der Waals surface area contributed by atoms with Gasteiger partial charge in [-0.25, -0.2) is 0 Å². The van der Waals surface area contributed by atoms with E-state index in [1.807, 2.05) is 24.3 Å². The van der Waals surface area contributed by atoms with Gasteiger partial charge in [-0.2, -0.15) is 5.26 Å². The summed E-state index contributed by atoms with van der Waals surface area (Å²) in [5, 5.41) is 9.27. The van der Waals surface area contributed by atoms with Crippen molar-refractivity contribution in [3.63, 3.8) is 0 Å². The number of amides is 1. The summed E-state index contributed by atoms with van der Waals surface area (Å²) in [7, 11) is 0. The van der Waals surface area contributed by atoms with E-state index in [1.165, 1.54) is 4.90 Å². The first-order chi connectivity index (χ1) is 9.74. The Morgan fingerprint density at radius 3 is 2.85 bits per heavy atom. The third-order valence-corrected chi connectivity index (χ3v) is 3.41. The predicted molar refractivity (Wildman–Crippen MR) is 76.2 cm³/mol. The average Bonchev–Trinajstić information content (AvgIpc) is 2.53. The van der Waals surface area contributed by atoms with Crippen molar-refractivity contribution in [1.82, 2.24) is 4.90 Å². The maximum Gasteiger partial charge on any atom is 0.243 e. The molecule has 1 aromatic rings. The number of rotatable bonds is 4. The molecule has 1 heterocycles. The van der Waals surface area contributed by atoms with E-state index in [0.717, 1.165) is 17.7 Å². The summed E-state index contributed by atoms with van der Waals surface area (Å²) in [6.07, 6.45) is 3.00. The number of hydrogen-bond donors (Lipinski definition) is 0. The number of carbonyl (C=O) groups is 1. The lowest BCUT2D eigenvalue weighted by molar-refractivity contribution is -0.133. The molecule has 0 atom stereocenters. The molecule has 2 rings (SSSR count). The highest BCUT2D eigenvalue weighted by Gasteiger charge is 2.20. The molecule has 106 valence electrons. The first-order valence-corrected chi connectivity index (χ1v) is 6.86. The Balaban J connectivity index is 2.04. The van der Waals surface area contributed by atoms with Gasteiger partial charge in [0.05, 0.1) is 18.9 Å². The van der Waals surface area contributed by atoms with Gasteiger partial charge in [0, 0.05) is 13.1 Å². The molecule has 1 amide bonds. The van der Waals surface area contributed by atoms with E-state index in [9.17, 15) is 10.1 Å². The molecule has 0 N–H and O–H groups in total. The van der Waals surface area contributed by atoms with Gasteiger partial charge in [-0.05, 0) is 24.1 Å². The van der Waals surface area contributed by atoms with E-state index in [4.69, 9.17) is 4.74 Å². The largest absolute Gasteiger partial charge is 0.378 e. The van der Waals surface area contributed by atoms with Crippen molar-refractivity contribution in [3.05, 3.63) is 29.8 Å². The van der Waals surface area contributed by atoms with Crippen LogP contribution in [0.3, 0.4) is 0 Å². The van der Waals surface area contributed by atoms with Gasteiger partial charge in [-0.3, -0.25) is 9.69 Å². The Morgan fingerprint density at radius 1 is 1.45 bits per heavy atom.